The molecule has 0 bridgehead atoms. The van der Waals surface area contributed by atoms with Crippen LogP contribution in [0.15, 0.2) is 30.3 Å². The van der Waals surface area contributed by atoms with Gasteiger partial charge in [0, 0.05) is 11.5 Å². The summed E-state index contributed by atoms with van der Waals surface area (Å²) in [4.78, 5) is 11.9. The van der Waals surface area contributed by atoms with Crippen LogP contribution >= 0.6 is 7.77 Å². The molecule has 0 N–H and O–H groups in total. The quantitative estimate of drug-likeness (QED) is 0.681. The Bertz CT molecular complexity index is 343. The van der Waals surface area contributed by atoms with Crippen molar-refractivity contribution in [3.63, 3.8) is 0 Å². The van der Waals surface area contributed by atoms with Gasteiger partial charge in [-0.15, -0.1) is 0 Å². The van der Waals surface area contributed by atoms with E-state index in [0.717, 1.165) is 19.0 Å². The van der Waals surface area contributed by atoms with Crippen LogP contribution < -0.4 is 4.89 Å². The highest BCUT2D eigenvalue weighted by Crippen LogP contribution is 2.36. The first-order valence-electron chi connectivity index (χ1n) is 5.20. The fraction of sp³-hybridized carbons (Fsp3) is 0.417. The Morgan fingerprint density at radius 1 is 1.36 bits per heavy atom. The van der Waals surface area contributed by atoms with Gasteiger partial charge in [-0.25, -0.2) is 0 Å². The van der Waals surface area contributed by atoms with Gasteiger partial charge >= 0.3 is 0 Å². The highest BCUT2D eigenvalue weighted by molar-refractivity contribution is 7.53. The van der Waals surface area contributed by atoms with E-state index in [9.17, 15) is 4.89 Å². The molecule has 2 unspecified atom stereocenters. The molecule has 0 radical (unpaired) electrons. The molecule has 2 atom stereocenters. The second kappa shape index (κ2) is 4.25. The van der Waals surface area contributed by atoms with Crippen LogP contribution in [0.1, 0.15) is 25.3 Å². The normalized spacial score (nSPS) is 24.3. The van der Waals surface area contributed by atoms with Crippen LogP contribution in [0.5, 0.6) is 0 Å². The Hall–Kier alpha value is -0.650. The van der Waals surface area contributed by atoms with Crippen molar-refractivity contribution in [2.75, 3.05) is 6.16 Å². The van der Waals surface area contributed by atoms with Crippen molar-refractivity contribution >= 4 is 13.1 Å². The summed E-state index contributed by atoms with van der Waals surface area (Å²) in [7, 11) is -1.08. The van der Waals surface area contributed by atoms with E-state index < -0.39 is 7.77 Å². The molecule has 0 aliphatic carbocycles. The minimum atomic E-state index is -1.08. The first-order chi connectivity index (χ1) is 6.83. The third-order valence-electron chi connectivity index (χ3n) is 2.90. The zero-order valence-corrected chi connectivity index (χ0v) is 9.34. The number of benzene rings is 1. The molecule has 1 aliphatic rings. The first kappa shape index (κ1) is 9.89. The molecule has 1 aliphatic heterocycles. The zero-order chi connectivity index (χ0) is 9.97. The molecule has 2 heteroatoms. The fourth-order valence-corrected chi connectivity index (χ4v) is 4.06. The lowest BCUT2D eigenvalue weighted by Gasteiger charge is -2.07. The second-order valence-electron chi connectivity index (χ2n) is 3.75. The minimum Gasteiger partial charge on any atom is -0.630 e. The summed E-state index contributed by atoms with van der Waals surface area (Å²) in [6.45, 7) is 2.18. The predicted octanol–water partition coefficient (Wildman–Crippen LogP) is 2.39. The average Bonchev–Trinajstić information content (AvgIpc) is 2.61. The van der Waals surface area contributed by atoms with Crippen LogP contribution in [0.4, 0.5) is 0 Å². The lowest BCUT2D eigenvalue weighted by atomic mass is 9.95. The molecular formula is C12H15OP. The first-order valence-corrected chi connectivity index (χ1v) is 6.64. The fourth-order valence-electron chi connectivity index (χ4n) is 2.12. The van der Waals surface area contributed by atoms with E-state index in [-0.39, 0.29) is 0 Å². The molecule has 0 aromatic heterocycles. The lowest BCUT2D eigenvalue weighted by molar-refractivity contribution is -0.152. The lowest BCUT2D eigenvalue weighted by Crippen LogP contribution is -2.10. The van der Waals surface area contributed by atoms with Crippen molar-refractivity contribution in [2.24, 2.45) is 5.92 Å². The van der Waals surface area contributed by atoms with Crippen LogP contribution in [0.25, 0.3) is 0 Å². The summed E-state index contributed by atoms with van der Waals surface area (Å²) in [5.74, 6) is 0.556. The third kappa shape index (κ3) is 1.75. The molecule has 1 heterocycles. The molecule has 1 aromatic carbocycles. The molecule has 1 nitrogen and oxygen atoms in total. The Kier molecular flexibility index (Phi) is 3.00. The maximum Gasteiger partial charge on any atom is 0.127 e. The molecule has 0 saturated heterocycles. The van der Waals surface area contributed by atoms with E-state index in [1.54, 1.807) is 0 Å². The van der Waals surface area contributed by atoms with E-state index in [1.807, 2.05) is 18.2 Å². The Morgan fingerprint density at radius 3 is 2.71 bits per heavy atom. The van der Waals surface area contributed by atoms with Crippen molar-refractivity contribution in [1.82, 2.24) is 0 Å². The summed E-state index contributed by atoms with van der Waals surface area (Å²) < 4.78 is 0. The predicted molar refractivity (Wildman–Crippen MR) is 60.7 cm³/mol. The van der Waals surface area contributed by atoms with Crippen LogP contribution in [-0.2, 0) is 0 Å². The number of hydrogen-bond acceptors (Lipinski definition) is 1. The summed E-state index contributed by atoms with van der Waals surface area (Å²) in [6.07, 6.45) is 3.11. The average molecular weight is 206 g/mol. The van der Waals surface area contributed by atoms with E-state index in [2.05, 4.69) is 19.1 Å². The molecule has 14 heavy (non-hydrogen) atoms. The Balaban J connectivity index is 2.37. The maximum absolute atomic E-state index is 11.9. The SMILES string of the molecule is CCC1CC[P+]([O-])=C1c1ccccc1. The highest BCUT2D eigenvalue weighted by Gasteiger charge is 2.29. The maximum atomic E-state index is 11.9. The van der Waals surface area contributed by atoms with E-state index in [0.29, 0.717) is 5.92 Å². The second-order valence-corrected chi connectivity index (χ2v) is 5.43. The molecule has 0 saturated carbocycles. The van der Waals surface area contributed by atoms with Crippen molar-refractivity contribution in [3.8, 4) is 0 Å². The van der Waals surface area contributed by atoms with Gasteiger partial charge in [0.2, 0.25) is 0 Å². The van der Waals surface area contributed by atoms with Gasteiger partial charge in [-0.1, -0.05) is 37.3 Å². The van der Waals surface area contributed by atoms with E-state index in [1.165, 1.54) is 10.9 Å². The highest BCUT2D eigenvalue weighted by atomic mass is 31.1. The van der Waals surface area contributed by atoms with Crippen molar-refractivity contribution in [3.05, 3.63) is 35.9 Å². The monoisotopic (exact) mass is 206 g/mol. The topological polar surface area (TPSA) is 23.1 Å². The summed E-state index contributed by atoms with van der Waals surface area (Å²) in [5.41, 5.74) is 1.19. The third-order valence-corrected chi connectivity index (χ3v) is 4.72. The van der Waals surface area contributed by atoms with Gasteiger partial charge < -0.3 is 4.89 Å². The van der Waals surface area contributed by atoms with Gasteiger partial charge in [-0.05, 0) is 12.8 Å². The van der Waals surface area contributed by atoms with Gasteiger partial charge in [0.15, 0.2) is 0 Å². The van der Waals surface area contributed by atoms with Crippen LogP contribution in [0, 0.1) is 5.92 Å². The van der Waals surface area contributed by atoms with Crippen molar-refractivity contribution in [2.45, 2.75) is 19.8 Å². The molecule has 0 amide bonds. The van der Waals surface area contributed by atoms with Gasteiger partial charge in [-0.3, -0.25) is 0 Å². The smallest absolute Gasteiger partial charge is 0.127 e. The minimum absolute atomic E-state index is 0.556. The van der Waals surface area contributed by atoms with E-state index in [4.69, 9.17) is 0 Å². The van der Waals surface area contributed by atoms with Gasteiger partial charge in [0.25, 0.3) is 0 Å². The van der Waals surface area contributed by atoms with Gasteiger partial charge in [0.05, 0.1) is 7.77 Å². The van der Waals surface area contributed by atoms with Gasteiger partial charge in [-0.2, -0.15) is 0 Å². The van der Waals surface area contributed by atoms with Crippen molar-refractivity contribution in [1.29, 1.82) is 0 Å². The largest absolute Gasteiger partial charge is 0.630 e. The molecule has 2 rings (SSSR count). The van der Waals surface area contributed by atoms with Crippen LogP contribution in [0.2, 0.25) is 0 Å². The number of hydrogen-bond donors (Lipinski definition) is 0. The molecular weight excluding hydrogens is 191 g/mol. The molecule has 1 aromatic rings. The molecule has 74 valence electrons. The summed E-state index contributed by atoms with van der Waals surface area (Å²) >= 11 is 0. The standard InChI is InChI=1S/C12H15OP/c1-2-10-8-9-14(13)12(10)11-6-4-3-5-7-11/h3-7,10H,2,8-9H2,1H3. The van der Waals surface area contributed by atoms with Crippen LogP contribution in [-0.4, -0.2) is 11.5 Å². The zero-order valence-electron chi connectivity index (χ0n) is 8.44. The summed E-state index contributed by atoms with van der Waals surface area (Å²) in [5, 5.41) is 1.21. The Labute approximate surface area is 86.3 Å². The van der Waals surface area contributed by atoms with E-state index >= 15 is 0 Å². The molecule has 0 spiro atoms. The molecule has 0 fully saturated rings. The number of rotatable bonds is 2. The van der Waals surface area contributed by atoms with Crippen LogP contribution in [0.3, 0.4) is 0 Å². The van der Waals surface area contributed by atoms with Crippen molar-refractivity contribution < 1.29 is 4.89 Å². The summed E-state index contributed by atoms with van der Waals surface area (Å²) in [6, 6.07) is 10.2. The van der Waals surface area contributed by atoms with Gasteiger partial charge in [0.1, 0.15) is 11.5 Å². The Morgan fingerprint density at radius 2 is 2.07 bits per heavy atom.